The smallest absolute Gasteiger partial charge is 0.203 e. The minimum atomic E-state index is 0.479. The van der Waals surface area contributed by atoms with Crippen LogP contribution in [0.15, 0.2) is 66.7 Å². The van der Waals surface area contributed by atoms with Crippen molar-refractivity contribution < 1.29 is 23.7 Å². The van der Waals surface area contributed by atoms with Gasteiger partial charge in [-0.05, 0) is 36.8 Å². The molecular weight excluding hydrogens is 406 g/mol. The number of benzene rings is 3. The van der Waals surface area contributed by atoms with E-state index in [2.05, 4.69) is 36.5 Å². The van der Waals surface area contributed by atoms with Crippen LogP contribution in [0, 0.1) is 6.92 Å². The van der Waals surface area contributed by atoms with Gasteiger partial charge in [0.25, 0.3) is 0 Å². The Labute approximate surface area is 190 Å². The molecule has 0 unspecified atom stereocenters. The molecule has 0 aliphatic carbocycles. The second-order valence-electron chi connectivity index (χ2n) is 7.16. The molecule has 32 heavy (non-hydrogen) atoms. The SMILES string of the molecule is COc1cccc(OC)c1OCCNCCOc1ccccc1OCc1ccc(C)cc1. The minimum Gasteiger partial charge on any atom is -0.493 e. The molecule has 1 N–H and O–H groups in total. The fourth-order valence-corrected chi connectivity index (χ4v) is 3.08. The van der Waals surface area contributed by atoms with Gasteiger partial charge in [0.15, 0.2) is 23.0 Å². The number of aryl methyl sites for hydroxylation is 1. The summed E-state index contributed by atoms with van der Waals surface area (Å²) in [5, 5.41) is 3.31. The van der Waals surface area contributed by atoms with Crippen LogP contribution in [-0.2, 0) is 6.61 Å². The molecule has 0 amide bonds. The molecule has 0 spiro atoms. The molecule has 3 aromatic rings. The van der Waals surface area contributed by atoms with Crippen LogP contribution < -0.4 is 29.0 Å². The van der Waals surface area contributed by atoms with E-state index in [9.17, 15) is 0 Å². The molecule has 0 radical (unpaired) electrons. The first-order valence-electron chi connectivity index (χ1n) is 10.7. The normalized spacial score (nSPS) is 10.5. The lowest BCUT2D eigenvalue weighted by atomic mass is 10.2. The second-order valence-corrected chi connectivity index (χ2v) is 7.16. The number of hydrogen-bond donors (Lipinski definition) is 1. The van der Waals surface area contributed by atoms with Gasteiger partial charge >= 0.3 is 0 Å². The lowest BCUT2D eigenvalue weighted by molar-refractivity contribution is 0.252. The van der Waals surface area contributed by atoms with Gasteiger partial charge in [0, 0.05) is 13.1 Å². The summed E-state index contributed by atoms with van der Waals surface area (Å²) in [7, 11) is 3.22. The summed E-state index contributed by atoms with van der Waals surface area (Å²) in [5.74, 6) is 3.37. The van der Waals surface area contributed by atoms with Gasteiger partial charge in [-0.1, -0.05) is 48.0 Å². The first kappa shape index (κ1) is 23.3. The van der Waals surface area contributed by atoms with Gasteiger partial charge in [0.2, 0.25) is 5.75 Å². The zero-order chi connectivity index (χ0) is 22.6. The third-order valence-corrected chi connectivity index (χ3v) is 4.81. The maximum Gasteiger partial charge on any atom is 0.203 e. The quantitative estimate of drug-likeness (QED) is 0.393. The molecular formula is C26H31NO5. The third-order valence-electron chi connectivity index (χ3n) is 4.81. The number of ether oxygens (including phenoxy) is 5. The monoisotopic (exact) mass is 437 g/mol. The number of hydrogen-bond acceptors (Lipinski definition) is 6. The van der Waals surface area contributed by atoms with Crippen molar-refractivity contribution >= 4 is 0 Å². The Morgan fingerprint density at radius 2 is 1.19 bits per heavy atom. The van der Waals surface area contributed by atoms with Crippen LogP contribution in [0.25, 0.3) is 0 Å². The Morgan fingerprint density at radius 3 is 1.81 bits per heavy atom. The standard InChI is InChI=1S/C26H31NO5/c1-20-11-13-21(14-12-20)19-32-23-8-5-4-7-22(23)30-17-15-27-16-18-31-26-24(28-2)9-6-10-25(26)29-3/h4-14,27H,15-19H2,1-3H3. The predicted octanol–water partition coefficient (Wildman–Crippen LogP) is 4.64. The van der Waals surface area contributed by atoms with Gasteiger partial charge in [-0.2, -0.15) is 0 Å². The van der Waals surface area contributed by atoms with Crippen molar-refractivity contribution in [1.82, 2.24) is 5.32 Å². The molecule has 0 atom stereocenters. The highest BCUT2D eigenvalue weighted by atomic mass is 16.5. The molecule has 0 saturated carbocycles. The molecule has 170 valence electrons. The van der Waals surface area contributed by atoms with E-state index in [4.69, 9.17) is 23.7 Å². The molecule has 0 aliphatic rings. The Balaban J connectivity index is 1.39. The summed E-state index contributed by atoms with van der Waals surface area (Å²) in [6, 6.07) is 21.6. The van der Waals surface area contributed by atoms with E-state index in [1.54, 1.807) is 14.2 Å². The summed E-state index contributed by atoms with van der Waals surface area (Å²) < 4.78 is 28.4. The van der Waals surface area contributed by atoms with E-state index in [0.717, 1.165) is 17.1 Å². The van der Waals surface area contributed by atoms with Crippen molar-refractivity contribution in [3.8, 4) is 28.7 Å². The van der Waals surface area contributed by atoms with Gasteiger partial charge in [-0.25, -0.2) is 0 Å². The predicted molar refractivity (Wildman–Crippen MR) is 125 cm³/mol. The first-order chi connectivity index (χ1) is 15.7. The van der Waals surface area contributed by atoms with Gasteiger partial charge in [0.1, 0.15) is 19.8 Å². The topological polar surface area (TPSA) is 58.2 Å². The van der Waals surface area contributed by atoms with E-state index >= 15 is 0 Å². The van der Waals surface area contributed by atoms with Crippen molar-refractivity contribution in [3.63, 3.8) is 0 Å². The van der Waals surface area contributed by atoms with Gasteiger partial charge in [-0.15, -0.1) is 0 Å². The fraction of sp³-hybridized carbons (Fsp3) is 0.308. The Kier molecular flexibility index (Phi) is 9.07. The highest BCUT2D eigenvalue weighted by molar-refractivity contribution is 5.51. The molecule has 0 bridgehead atoms. The van der Waals surface area contributed by atoms with Crippen molar-refractivity contribution in [1.29, 1.82) is 0 Å². The number of methoxy groups -OCH3 is 2. The zero-order valence-electron chi connectivity index (χ0n) is 18.9. The molecule has 6 nitrogen and oxygen atoms in total. The van der Waals surface area contributed by atoms with Crippen LogP contribution in [0.2, 0.25) is 0 Å². The largest absolute Gasteiger partial charge is 0.493 e. The van der Waals surface area contributed by atoms with E-state index in [-0.39, 0.29) is 0 Å². The van der Waals surface area contributed by atoms with Crippen LogP contribution in [0.3, 0.4) is 0 Å². The van der Waals surface area contributed by atoms with E-state index < -0.39 is 0 Å². The number of nitrogens with one attached hydrogen (secondary N) is 1. The molecule has 6 heteroatoms. The molecule has 0 aromatic heterocycles. The summed E-state index contributed by atoms with van der Waals surface area (Å²) in [6.45, 7) is 4.91. The van der Waals surface area contributed by atoms with E-state index in [1.165, 1.54) is 5.56 Å². The van der Waals surface area contributed by atoms with Crippen LogP contribution >= 0.6 is 0 Å². The van der Waals surface area contributed by atoms with Crippen LogP contribution in [0.4, 0.5) is 0 Å². The van der Waals surface area contributed by atoms with Gasteiger partial charge in [0.05, 0.1) is 14.2 Å². The summed E-state index contributed by atoms with van der Waals surface area (Å²) in [5.41, 5.74) is 2.36. The maximum atomic E-state index is 5.96. The first-order valence-corrected chi connectivity index (χ1v) is 10.7. The average Bonchev–Trinajstić information content (AvgIpc) is 2.83. The highest BCUT2D eigenvalue weighted by Crippen LogP contribution is 2.36. The summed E-state index contributed by atoms with van der Waals surface area (Å²) in [6.07, 6.45) is 0. The van der Waals surface area contributed by atoms with E-state index in [1.807, 2.05) is 42.5 Å². The molecule has 0 fully saturated rings. The van der Waals surface area contributed by atoms with Crippen molar-refractivity contribution in [2.45, 2.75) is 13.5 Å². The van der Waals surface area contributed by atoms with E-state index in [0.29, 0.717) is 50.2 Å². The lowest BCUT2D eigenvalue weighted by Crippen LogP contribution is -2.26. The van der Waals surface area contributed by atoms with Crippen LogP contribution in [-0.4, -0.2) is 40.5 Å². The second kappa shape index (κ2) is 12.5. The van der Waals surface area contributed by atoms with Crippen molar-refractivity contribution in [2.24, 2.45) is 0 Å². The van der Waals surface area contributed by atoms with Crippen molar-refractivity contribution in [3.05, 3.63) is 77.9 Å². The van der Waals surface area contributed by atoms with Gasteiger partial charge in [-0.3, -0.25) is 0 Å². The lowest BCUT2D eigenvalue weighted by Gasteiger charge is -2.15. The highest BCUT2D eigenvalue weighted by Gasteiger charge is 2.10. The maximum absolute atomic E-state index is 5.96. The number of rotatable bonds is 13. The fourth-order valence-electron chi connectivity index (χ4n) is 3.08. The molecule has 0 aliphatic heterocycles. The average molecular weight is 438 g/mol. The summed E-state index contributed by atoms with van der Waals surface area (Å²) in [4.78, 5) is 0. The Hall–Kier alpha value is -3.38. The third kappa shape index (κ3) is 6.82. The van der Waals surface area contributed by atoms with Crippen LogP contribution in [0.5, 0.6) is 28.7 Å². The molecule has 3 aromatic carbocycles. The van der Waals surface area contributed by atoms with Crippen LogP contribution in [0.1, 0.15) is 11.1 Å². The molecule has 3 rings (SSSR count). The zero-order valence-corrected chi connectivity index (χ0v) is 18.9. The molecule has 0 heterocycles. The minimum absolute atomic E-state index is 0.479. The Bertz CT molecular complexity index is 936. The molecule has 0 saturated heterocycles. The van der Waals surface area contributed by atoms with Crippen molar-refractivity contribution in [2.75, 3.05) is 40.5 Å². The summed E-state index contributed by atoms with van der Waals surface area (Å²) >= 11 is 0. The van der Waals surface area contributed by atoms with Gasteiger partial charge < -0.3 is 29.0 Å². The number of para-hydroxylation sites is 3. The Morgan fingerprint density at radius 1 is 0.625 bits per heavy atom.